The summed E-state index contributed by atoms with van der Waals surface area (Å²) >= 11 is 0. The highest BCUT2D eigenvalue weighted by Gasteiger charge is 2.41. The number of halogens is 6. The third kappa shape index (κ3) is 6.39. The number of aromatic nitrogens is 1. The number of anilines is 2. The Hall–Kier alpha value is -3.64. The molecule has 2 aromatic carbocycles. The topological polar surface area (TPSA) is 56.7 Å². The van der Waals surface area contributed by atoms with Crippen molar-refractivity contribution in [3.63, 3.8) is 0 Å². The monoisotopic (exact) mass is 595 g/mol. The van der Waals surface area contributed by atoms with E-state index in [2.05, 4.69) is 4.98 Å². The third-order valence-electron chi connectivity index (χ3n) is 7.84. The van der Waals surface area contributed by atoms with Gasteiger partial charge in [-0.15, -0.1) is 0 Å². The minimum Gasteiger partial charge on any atom is -0.345 e. The molecule has 1 N–H and O–H groups in total. The van der Waals surface area contributed by atoms with Crippen LogP contribution in [-0.4, -0.2) is 61.0 Å². The molecule has 4 rings (SSSR count). The normalized spacial score (nSPS) is 16.0. The van der Waals surface area contributed by atoms with Gasteiger partial charge >= 0.3 is 12.4 Å². The second-order valence-corrected chi connectivity index (χ2v) is 11.4. The number of amides is 1. The molecule has 1 aliphatic rings. The van der Waals surface area contributed by atoms with Crippen molar-refractivity contribution in [1.82, 2.24) is 4.98 Å². The molecule has 1 saturated heterocycles. The summed E-state index contributed by atoms with van der Waals surface area (Å²) in [5, 5.41) is 10.3. The summed E-state index contributed by atoms with van der Waals surface area (Å²) in [6, 6.07) is 10.5. The van der Waals surface area contributed by atoms with Crippen LogP contribution in [0.3, 0.4) is 0 Å². The van der Waals surface area contributed by atoms with Crippen molar-refractivity contribution >= 4 is 17.4 Å². The van der Waals surface area contributed by atoms with E-state index in [0.717, 1.165) is 11.1 Å². The van der Waals surface area contributed by atoms with Crippen molar-refractivity contribution in [1.29, 1.82) is 0 Å². The summed E-state index contributed by atoms with van der Waals surface area (Å²) in [5.74, 6) is -0.102. The van der Waals surface area contributed by atoms with Crippen LogP contribution in [0.4, 0.5) is 37.8 Å². The second-order valence-electron chi connectivity index (χ2n) is 11.4. The lowest BCUT2D eigenvalue weighted by Gasteiger charge is -2.37. The molecule has 12 heteroatoms. The van der Waals surface area contributed by atoms with E-state index in [-0.39, 0.29) is 10.7 Å². The van der Waals surface area contributed by atoms with Crippen molar-refractivity contribution in [2.45, 2.75) is 38.5 Å². The van der Waals surface area contributed by atoms with Gasteiger partial charge in [-0.3, -0.25) is 4.79 Å². The van der Waals surface area contributed by atoms with Crippen LogP contribution in [-0.2, 0) is 22.6 Å². The lowest BCUT2D eigenvalue weighted by molar-refractivity contribution is -1.09. The summed E-state index contributed by atoms with van der Waals surface area (Å²) in [7, 11) is 3.15. The Morgan fingerprint density at radius 3 is 1.95 bits per heavy atom. The average Bonchev–Trinajstić information content (AvgIpc) is 2.91. The molecule has 2 heterocycles. The van der Waals surface area contributed by atoms with Gasteiger partial charge in [0.1, 0.15) is 18.9 Å². The number of alkyl halides is 6. The van der Waals surface area contributed by atoms with Gasteiger partial charge in [-0.25, -0.2) is 10.2 Å². The molecule has 226 valence electrons. The van der Waals surface area contributed by atoms with Crippen molar-refractivity contribution in [3.05, 3.63) is 77.0 Å². The standard InChI is InChI=1S/C30H33F6N4O2/c1-19-8-6-7-9-23(19)24-17-26(39-10-12-40(5,42)13-11-39)37-18-25(24)38(4)27(41)28(2,3)20-14-21(29(31,32)33)16-22(15-20)30(34,35)36/h6-9,14-18,42H,10-13H2,1-5H3/q+1. The molecule has 1 aromatic heterocycles. The fourth-order valence-electron chi connectivity index (χ4n) is 5.06. The van der Waals surface area contributed by atoms with Crippen LogP contribution in [0, 0.1) is 6.92 Å². The van der Waals surface area contributed by atoms with Crippen molar-refractivity contribution in [3.8, 4) is 11.1 Å². The van der Waals surface area contributed by atoms with E-state index in [1.165, 1.54) is 32.0 Å². The predicted molar refractivity (Wildman–Crippen MR) is 147 cm³/mol. The van der Waals surface area contributed by atoms with E-state index in [1.807, 2.05) is 42.2 Å². The van der Waals surface area contributed by atoms with E-state index < -0.39 is 40.4 Å². The smallest absolute Gasteiger partial charge is 0.345 e. The molecular formula is C30H33F6N4O2+. The number of aryl methyl sites for hydroxylation is 1. The lowest BCUT2D eigenvalue weighted by Crippen LogP contribution is -2.55. The number of pyridine rings is 1. The van der Waals surface area contributed by atoms with Gasteiger partial charge in [0, 0.05) is 12.6 Å². The highest BCUT2D eigenvalue weighted by atomic mass is 19.4. The van der Waals surface area contributed by atoms with E-state index >= 15 is 0 Å². The summed E-state index contributed by atoms with van der Waals surface area (Å²) in [5.41, 5.74) is -2.52. The van der Waals surface area contributed by atoms with E-state index in [0.29, 0.717) is 55.4 Å². The Morgan fingerprint density at radius 2 is 1.43 bits per heavy atom. The Bertz CT molecular complexity index is 1440. The molecule has 1 amide bonds. The first kappa shape index (κ1) is 31.3. The van der Waals surface area contributed by atoms with Crippen molar-refractivity contribution in [2.75, 3.05) is 50.1 Å². The SMILES string of the molecule is Cc1ccccc1-c1cc(N2CC[N+](C)(O)CC2)ncc1N(C)C(=O)C(C)(C)c1cc(C(F)(F)F)cc(C(F)(F)F)c1. The van der Waals surface area contributed by atoms with Crippen LogP contribution < -0.4 is 9.80 Å². The van der Waals surface area contributed by atoms with Gasteiger partial charge in [0.25, 0.3) is 0 Å². The molecule has 0 bridgehead atoms. The van der Waals surface area contributed by atoms with Crippen LogP contribution in [0.5, 0.6) is 0 Å². The maximum atomic E-state index is 13.9. The zero-order valence-corrected chi connectivity index (χ0v) is 23.9. The van der Waals surface area contributed by atoms with Crippen LogP contribution in [0.1, 0.15) is 36.1 Å². The molecule has 1 aliphatic heterocycles. The molecule has 0 atom stereocenters. The maximum absolute atomic E-state index is 13.9. The summed E-state index contributed by atoms with van der Waals surface area (Å²) < 4.78 is 81.3. The van der Waals surface area contributed by atoms with Crippen LogP contribution in [0.2, 0.25) is 0 Å². The van der Waals surface area contributed by atoms with Gasteiger partial charge in [0.2, 0.25) is 5.91 Å². The predicted octanol–water partition coefficient (Wildman–Crippen LogP) is 6.69. The zero-order valence-electron chi connectivity index (χ0n) is 23.9. The lowest BCUT2D eigenvalue weighted by atomic mass is 9.81. The Kier molecular flexibility index (Phi) is 8.11. The number of rotatable bonds is 5. The van der Waals surface area contributed by atoms with Crippen LogP contribution in [0.25, 0.3) is 11.1 Å². The highest BCUT2D eigenvalue weighted by molar-refractivity contribution is 6.03. The molecule has 0 saturated carbocycles. The Morgan fingerprint density at radius 1 is 0.905 bits per heavy atom. The Labute approximate surface area is 240 Å². The number of hydrogen-bond donors (Lipinski definition) is 1. The quantitative estimate of drug-likeness (QED) is 0.264. The largest absolute Gasteiger partial charge is 0.416 e. The average molecular weight is 596 g/mol. The van der Waals surface area contributed by atoms with Crippen molar-refractivity contribution < 1.29 is 41.0 Å². The van der Waals surface area contributed by atoms with Crippen LogP contribution >= 0.6 is 0 Å². The maximum Gasteiger partial charge on any atom is 0.416 e. The number of piperazine rings is 1. The molecule has 1 fully saturated rings. The van der Waals surface area contributed by atoms with Gasteiger partial charge in [0.15, 0.2) is 0 Å². The highest BCUT2D eigenvalue weighted by Crippen LogP contribution is 2.41. The van der Waals surface area contributed by atoms with Crippen LogP contribution in [0.15, 0.2) is 54.7 Å². The number of carbonyl (C=O) groups excluding carboxylic acids is 1. The molecule has 0 unspecified atom stereocenters. The summed E-state index contributed by atoms with van der Waals surface area (Å²) in [4.78, 5) is 21.7. The minimum atomic E-state index is -5.04. The molecule has 42 heavy (non-hydrogen) atoms. The fraction of sp³-hybridized carbons (Fsp3) is 0.400. The third-order valence-corrected chi connectivity index (χ3v) is 7.84. The van der Waals surface area contributed by atoms with E-state index in [1.54, 1.807) is 7.05 Å². The van der Waals surface area contributed by atoms with Gasteiger partial charge in [0.05, 0.1) is 48.6 Å². The van der Waals surface area contributed by atoms with Gasteiger partial charge in [-0.05, 0) is 61.7 Å². The number of hydrogen-bond acceptors (Lipinski definition) is 4. The summed E-state index contributed by atoms with van der Waals surface area (Å²) in [6.07, 6.45) is -8.60. The van der Waals surface area contributed by atoms with Gasteiger partial charge in [-0.2, -0.15) is 31.0 Å². The second kappa shape index (κ2) is 10.9. The molecule has 0 spiro atoms. The first-order chi connectivity index (χ1) is 19.3. The zero-order chi connectivity index (χ0) is 31.3. The number of quaternary nitrogens is 1. The Balaban J connectivity index is 1.79. The minimum absolute atomic E-state index is 0.0472. The van der Waals surface area contributed by atoms with Gasteiger partial charge in [-0.1, -0.05) is 24.3 Å². The molecule has 0 aliphatic carbocycles. The molecular weight excluding hydrogens is 562 g/mol. The fourth-order valence-corrected chi connectivity index (χ4v) is 5.06. The number of hydroxylamine groups is 3. The first-order valence-corrected chi connectivity index (χ1v) is 13.3. The van der Waals surface area contributed by atoms with Crippen molar-refractivity contribution in [2.24, 2.45) is 0 Å². The molecule has 3 aromatic rings. The summed E-state index contributed by atoms with van der Waals surface area (Å²) in [6.45, 7) is 6.52. The number of carbonyl (C=O) groups is 1. The van der Waals surface area contributed by atoms with E-state index in [9.17, 15) is 36.3 Å². The van der Waals surface area contributed by atoms with E-state index in [4.69, 9.17) is 0 Å². The first-order valence-electron chi connectivity index (χ1n) is 13.3. The number of likely N-dealkylation sites (N-methyl/N-ethyl adjacent to an activating group) is 2. The number of nitrogens with zero attached hydrogens (tertiary/aromatic N) is 4. The molecule has 0 radical (unpaired) electrons. The number of benzene rings is 2. The molecule has 6 nitrogen and oxygen atoms in total. The van der Waals surface area contributed by atoms with Gasteiger partial charge < -0.3 is 9.80 Å².